The molecule has 0 amide bonds. The number of nitriles is 1. The smallest absolute Gasteiger partial charge is 0.0638 e. The molecule has 0 N–H and O–H groups in total. The maximum absolute atomic E-state index is 8.85. The fourth-order valence-electron chi connectivity index (χ4n) is 2.33. The maximum atomic E-state index is 8.85. The number of hydrogen-bond acceptors (Lipinski definition) is 3. The summed E-state index contributed by atoms with van der Waals surface area (Å²) in [7, 11) is 0. The average Bonchev–Trinajstić information content (AvgIpc) is 2.17. The van der Waals surface area contributed by atoms with E-state index in [-0.39, 0.29) is 0 Å². The van der Waals surface area contributed by atoms with E-state index in [2.05, 4.69) is 43.6 Å². The van der Waals surface area contributed by atoms with E-state index in [1.807, 2.05) is 0 Å². The maximum Gasteiger partial charge on any atom is 0.0638 e. The van der Waals surface area contributed by atoms with Crippen LogP contribution in [-0.4, -0.2) is 47.6 Å². The molecule has 1 aliphatic heterocycles. The minimum atomic E-state index is 0.422. The van der Waals surface area contributed by atoms with Crippen molar-refractivity contribution in [2.45, 2.75) is 52.2 Å². The van der Waals surface area contributed by atoms with Crippen molar-refractivity contribution in [3.05, 3.63) is 0 Å². The summed E-state index contributed by atoms with van der Waals surface area (Å²) in [5, 5.41) is 8.85. The van der Waals surface area contributed by atoms with E-state index >= 15 is 0 Å². The zero-order valence-electron chi connectivity index (χ0n) is 10.4. The predicted octanol–water partition coefficient (Wildman–Crippen LogP) is 1.70. The van der Waals surface area contributed by atoms with Gasteiger partial charge in [-0.05, 0) is 27.7 Å². The fourth-order valence-corrected chi connectivity index (χ4v) is 2.33. The van der Waals surface area contributed by atoms with Gasteiger partial charge in [0.25, 0.3) is 0 Å². The van der Waals surface area contributed by atoms with Crippen LogP contribution in [0.4, 0.5) is 0 Å². The quantitative estimate of drug-likeness (QED) is 0.709. The highest BCUT2D eigenvalue weighted by atomic mass is 15.3. The van der Waals surface area contributed by atoms with Crippen LogP contribution >= 0.6 is 0 Å². The van der Waals surface area contributed by atoms with E-state index in [4.69, 9.17) is 5.26 Å². The number of hydrogen-bond donors (Lipinski definition) is 0. The van der Waals surface area contributed by atoms with Gasteiger partial charge in [-0.15, -0.1) is 0 Å². The zero-order valence-corrected chi connectivity index (χ0v) is 10.4. The molecule has 86 valence electrons. The van der Waals surface area contributed by atoms with Crippen molar-refractivity contribution in [3.8, 4) is 6.07 Å². The molecule has 0 bridgehead atoms. The molecule has 1 atom stereocenters. The van der Waals surface area contributed by atoms with Crippen molar-refractivity contribution < 1.29 is 0 Å². The summed E-state index contributed by atoms with van der Waals surface area (Å²) in [6, 6.07) is 3.89. The van der Waals surface area contributed by atoms with Gasteiger partial charge in [0.15, 0.2) is 0 Å². The van der Waals surface area contributed by atoms with Crippen molar-refractivity contribution >= 4 is 0 Å². The van der Waals surface area contributed by atoms with Gasteiger partial charge in [-0.25, -0.2) is 0 Å². The highest BCUT2D eigenvalue weighted by molar-refractivity contribution is 4.90. The molecule has 0 spiro atoms. The summed E-state index contributed by atoms with van der Waals surface area (Å²) < 4.78 is 0. The monoisotopic (exact) mass is 209 g/mol. The molecule has 0 aromatic carbocycles. The molecule has 0 aliphatic carbocycles. The Hall–Kier alpha value is -0.590. The Morgan fingerprint density at radius 2 is 1.87 bits per heavy atom. The third-order valence-electron chi connectivity index (χ3n) is 3.28. The van der Waals surface area contributed by atoms with Crippen LogP contribution in [0.25, 0.3) is 0 Å². The third-order valence-corrected chi connectivity index (χ3v) is 3.28. The zero-order chi connectivity index (χ0) is 11.4. The molecule has 1 aliphatic rings. The Balaban J connectivity index is 2.61. The molecule has 0 saturated carbocycles. The SMILES string of the molecule is CC(C)N1CCN(C(C)C)[C@@H](CC#N)C1. The van der Waals surface area contributed by atoms with Crippen LogP contribution in [0, 0.1) is 11.3 Å². The second-order valence-corrected chi connectivity index (χ2v) is 4.94. The Kier molecular flexibility index (Phi) is 4.56. The second-order valence-electron chi connectivity index (χ2n) is 4.94. The normalized spacial score (nSPS) is 24.7. The molecule has 0 unspecified atom stereocenters. The molecule has 0 aromatic rings. The highest BCUT2D eigenvalue weighted by Gasteiger charge is 2.29. The van der Waals surface area contributed by atoms with Crippen molar-refractivity contribution in [2.75, 3.05) is 19.6 Å². The van der Waals surface area contributed by atoms with Gasteiger partial charge in [0.05, 0.1) is 12.5 Å². The lowest BCUT2D eigenvalue weighted by atomic mass is 10.1. The summed E-state index contributed by atoms with van der Waals surface area (Å²) in [5.41, 5.74) is 0. The van der Waals surface area contributed by atoms with Crippen LogP contribution in [0.5, 0.6) is 0 Å². The van der Waals surface area contributed by atoms with Crippen LogP contribution in [0.2, 0.25) is 0 Å². The lowest BCUT2D eigenvalue weighted by Crippen LogP contribution is -2.56. The molecular formula is C12H23N3. The number of piperazine rings is 1. The first-order chi connectivity index (χ1) is 7.06. The molecule has 3 heteroatoms. The van der Waals surface area contributed by atoms with Gasteiger partial charge >= 0.3 is 0 Å². The largest absolute Gasteiger partial charge is 0.298 e. The minimum absolute atomic E-state index is 0.422. The van der Waals surface area contributed by atoms with Gasteiger partial charge < -0.3 is 0 Å². The molecule has 1 rings (SSSR count). The topological polar surface area (TPSA) is 30.3 Å². The van der Waals surface area contributed by atoms with Gasteiger partial charge in [-0.1, -0.05) is 0 Å². The summed E-state index contributed by atoms with van der Waals surface area (Å²) in [5.74, 6) is 0. The van der Waals surface area contributed by atoms with Crippen LogP contribution < -0.4 is 0 Å². The molecule has 0 aromatic heterocycles. The van der Waals surface area contributed by atoms with Gasteiger partial charge in [0, 0.05) is 37.8 Å². The summed E-state index contributed by atoms with van der Waals surface area (Å²) in [6.07, 6.45) is 0.654. The van der Waals surface area contributed by atoms with Gasteiger partial charge in [-0.2, -0.15) is 5.26 Å². The minimum Gasteiger partial charge on any atom is -0.298 e. The van der Waals surface area contributed by atoms with Crippen molar-refractivity contribution in [1.29, 1.82) is 5.26 Å². The molecule has 1 heterocycles. The second kappa shape index (κ2) is 5.48. The summed E-state index contributed by atoms with van der Waals surface area (Å²) in [6.45, 7) is 12.2. The van der Waals surface area contributed by atoms with Crippen LogP contribution in [0.3, 0.4) is 0 Å². The molecule has 3 nitrogen and oxygen atoms in total. The number of nitrogens with zero attached hydrogens (tertiary/aromatic N) is 3. The Bertz CT molecular complexity index is 230. The molecule has 1 fully saturated rings. The Morgan fingerprint density at radius 3 is 2.33 bits per heavy atom. The number of rotatable bonds is 3. The molecule has 0 radical (unpaired) electrons. The van der Waals surface area contributed by atoms with E-state index in [1.165, 1.54) is 0 Å². The fraction of sp³-hybridized carbons (Fsp3) is 0.917. The first-order valence-electron chi connectivity index (χ1n) is 5.93. The first-order valence-corrected chi connectivity index (χ1v) is 5.93. The lowest BCUT2D eigenvalue weighted by Gasteiger charge is -2.44. The van der Waals surface area contributed by atoms with E-state index < -0.39 is 0 Å². The van der Waals surface area contributed by atoms with Gasteiger partial charge in [-0.3, -0.25) is 9.80 Å². The van der Waals surface area contributed by atoms with Crippen molar-refractivity contribution in [3.63, 3.8) is 0 Å². The molecular weight excluding hydrogens is 186 g/mol. The van der Waals surface area contributed by atoms with Crippen LogP contribution in [0.15, 0.2) is 0 Å². The highest BCUT2D eigenvalue weighted by Crippen LogP contribution is 2.17. The van der Waals surface area contributed by atoms with Gasteiger partial charge in [0.2, 0.25) is 0 Å². The van der Waals surface area contributed by atoms with Crippen molar-refractivity contribution in [2.24, 2.45) is 0 Å². The molecule has 15 heavy (non-hydrogen) atoms. The third kappa shape index (κ3) is 3.19. The average molecular weight is 209 g/mol. The first kappa shape index (κ1) is 12.5. The summed E-state index contributed by atoms with van der Waals surface area (Å²) in [4.78, 5) is 4.93. The van der Waals surface area contributed by atoms with E-state index in [9.17, 15) is 0 Å². The summed E-state index contributed by atoms with van der Waals surface area (Å²) >= 11 is 0. The van der Waals surface area contributed by atoms with Crippen molar-refractivity contribution in [1.82, 2.24) is 9.80 Å². The Labute approximate surface area is 93.7 Å². The van der Waals surface area contributed by atoms with E-state index in [0.717, 1.165) is 19.6 Å². The lowest BCUT2D eigenvalue weighted by molar-refractivity contribution is 0.0385. The van der Waals surface area contributed by atoms with E-state index in [0.29, 0.717) is 24.5 Å². The van der Waals surface area contributed by atoms with Gasteiger partial charge in [0.1, 0.15) is 0 Å². The predicted molar refractivity (Wildman–Crippen MR) is 62.6 cm³/mol. The standard InChI is InChI=1S/C12H23N3/c1-10(2)14-7-8-15(11(3)4)12(9-14)5-6-13/h10-12H,5,7-9H2,1-4H3/t12-/m0/s1. The molecule has 1 saturated heterocycles. The van der Waals surface area contributed by atoms with Crippen LogP contribution in [-0.2, 0) is 0 Å². The van der Waals surface area contributed by atoms with Crippen LogP contribution in [0.1, 0.15) is 34.1 Å². The Morgan fingerprint density at radius 1 is 1.20 bits per heavy atom. The van der Waals surface area contributed by atoms with E-state index in [1.54, 1.807) is 0 Å².